The second-order valence-electron chi connectivity index (χ2n) is 14.5. The van der Waals surface area contributed by atoms with E-state index in [1.165, 1.54) is 21.8 Å². The Balaban J connectivity index is 1.11. The Hall–Kier alpha value is -7.83. The lowest BCUT2D eigenvalue weighted by Gasteiger charge is -2.15. The molecular formula is C51H32N6. The molecule has 0 saturated heterocycles. The first-order valence-electron chi connectivity index (χ1n) is 19.2. The molecular weight excluding hydrogens is 697 g/mol. The molecule has 0 fully saturated rings. The number of hydrogen-bond acceptors (Lipinski definition) is 3. The Morgan fingerprint density at radius 2 is 0.632 bits per heavy atom. The minimum Gasteiger partial charge on any atom is -0.309 e. The maximum absolute atomic E-state index is 5.33. The van der Waals surface area contributed by atoms with Crippen molar-refractivity contribution in [2.45, 2.75) is 0 Å². The van der Waals surface area contributed by atoms with E-state index in [4.69, 9.17) is 15.0 Å². The molecule has 0 amide bonds. The smallest absolute Gasteiger partial charge is 0.240 e. The number of para-hydroxylation sites is 7. The topological polar surface area (TPSA) is 53.5 Å². The number of fused-ring (bicyclic) bond motifs is 9. The fraction of sp³-hybridized carbons (Fsp3) is 0. The largest absolute Gasteiger partial charge is 0.309 e. The van der Waals surface area contributed by atoms with Crippen LogP contribution in [0, 0.1) is 0 Å². The molecule has 0 aliphatic carbocycles. The van der Waals surface area contributed by atoms with E-state index in [2.05, 4.69) is 208 Å². The summed E-state index contributed by atoms with van der Waals surface area (Å²) in [6, 6.07) is 68.5. The highest BCUT2D eigenvalue weighted by Gasteiger charge is 2.21. The molecule has 0 radical (unpaired) electrons. The molecule has 0 aliphatic rings. The van der Waals surface area contributed by atoms with Crippen LogP contribution >= 0.6 is 0 Å². The van der Waals surface area contributed by atoms with Crippen molar-refractivity contribution in [3.05, 3.63) is 194 Å². The monoisotopic (exact) mass is 728 g/mol. The van der Waals surface area contributed by atoms with Gasteiger partial charge in [-0.25, -0.2) is 0 Å². The number of benzene rings is 8. The fourth-order valence-corrected chi connectivity index (χ4v) is 8.88. The molecule has 12 rings (SSSR count). The number of nitrogens with zero attached hydrogens (tertiary/aromatic N) is 6. The molecule has 6 heteroatoms. The number of rotatable bonds is 5. The summed E-state index contributed by atoms with van der Waals surface area (Å²) in [5.41, 5.74) is 10.7. The minimum absolute atomic E-state index is 0.561. The summed E-state index contributed by atoms with van der Waals surface area (Å²) in [5, 5.41) is 7.07. The molecule has 4 heterocycles. The maximum atomic E-state index is 5.33. The Bertz CT molecular complexity index is 3260. The van der Waals surface area contributed by atoms with E-state index in [9.17, 15) is 0 Å². The van der Waals surface area contributed by atoms with Gasteiger partial charge in [-0.1, -0.05) is 146 Å². The summed E-state index contributed by atoms with van der Waals surface area (Å²) in [6.07, 6.45) is 0. The van der Waals surface area contributed by atoms with Crippen molar-refractivity contribution in [1.82, 2.24) is 28.7 Å². The average Bonchev–Trinajstić information content (AvgIpc) is 3.92. The van der Waals surface area contributed by atoms with Gasteiger partial charge in [-0.15, -0.1) is 0 Å². The predicted octanol–water partition coefficient (Wildman–Crippen LogP) is 12.5. The highest BCUT2D eigenvalue weighted by atomic mass is 15.3. The Morgan fingerprint density at radius 3 is 1.07 bits per heavy atom. The molecule has 0 N–H and O–H groups in total. The molecule has 0 atom stereocenters. The van der Waals surface area contributed by atoms with E-state index in [1.54, 1.807) is 0 Å². The van der Waals surface area contributed by atoms with Crippen molar-refractivity contribution >= 4 is 65.4 Å². The summed E-state index contributed by atoms with van der Waals surface area (Å²) in [5.74, 6) is 1.71. The number of aromatic nitrogens is 6. The molecule has 0 unspecified atom stereocenters. The van der Waals surface area contributed by atoms with E-state index in [0.29, 0.717) is 17.7 Å². The van der Waals surface area contributed by atoms with Gasteiger partial charge in [-0.3, -0.25) is 9.13 Å². The van der Waals surface area contributed by atoms with Crippen molar-refractivity contribution in [2.75, 3.05) is 0 Å². The predicted molar refractivity (Wildman–Crippen MR) is 234 cm³/mol. The van der Waals surface area contributed by atoms with Crippen molar-refractivity contribution in [3.63, 3.8) is 0 Å². The molecule has 266 valence electrons. The quantitative estimate of drug-likeness (QED) is 0.177. The van der Waals surface area contributed by atoms with Crippen molar-refractivity contribution in [1.29, 1.82) is 0 Å². The molecule has 0 bridgehead atoms. The van der Waals surface area contributed by atoms with Crippen LogP contribution in [0.2, 0.25) is 0 Å². The molecule has 6 nitrogen and oxygen atoms in total. The van der Waals surface area contributed by atoms with Crippen LogP contribution in [-0.4, -0.2) is 28.7 Å². The van der Waals surface area contributed by atoms with Crippen LogP contribution in [-0.2, 0) is 0 Å². The summed E-state index contributed by atoms with van der Waals surface area (Å²) < 4.78 is 6.74. The zero-order chi connectivity index (χ0) is 37.5. The summed E-state index contributed by atoms with van der Waals surface area (Å²) in [6.45, 7) is 0. The highest BCUT2D eigenvalue weighted by molar-refractivity contribution is 6.11. The molecule has 4 aromatic heterocycles. The first kappa shape index (κ1) is 31.5. The van der Waals surface area contributed by atoms with Crippen LogP contribution in [0.3, 0.4) is 0 Å². The van der Waals surface area contributed by atoms with E-state index < -0.39 is 0 Å². The molecule has 12 aromatic rings. The third-order valence-electron chi connectivity index (χ3n) is 11.3. The van der Waals surface area contributed by atoms with Gasteiger partial charge in [0.05, 0.1) is 38.8 Å². The highest BCUT2D eigenvalue weighted by Crippen LogP contribution is 2.38. The Kier molecular flexibility index (Phi) is 6.83. The van der Waals surface area contributed by atoms with E-state index in [0.717, 1.165) is 66.0 Å². The van der Waals surface area contributed by atoms with Gasteiger partial charge >= 0.3 is 0 Å². The lowest BCUT2D eigenvalue weighted by atomic mass is 10.0. The standard InChI is InChI=1S/C51H32N6/c1-8-25-42(55-43-26-9-2-19-36(43)37-20-3-10-27-44(37)55)35(18-1)33-16-15-17-34(32-33)49-52-50(56-45-28-11-4-21-38(45)39-22-5-12-29-46(39)56)54-51(53-49)57-47-30-13-6-23-40(47)41-24-7-14-31-48(41)57/h1-32H. The zero-order valence-electron chi connectivity index (χ0n) is 30.7. The first-order chi connectivity index (χ1) is 28.3. The number of hydrogen-bond donors (Lipinski definition) is 0. The second-order valence-corrected chi connectivity index (χ2v) is 14.5. The van der Waals surface area contributed by atoms with Crippen molar-refractivity contribution < 1.29 is 0 Å². The van der Waals surface area contributed by atoms with Crippen LogP contribution in [0.1, 0.15) is 0 Å². The van der Waals surface area contributed by atoms with Crippen LogP contribution in [0.15, 0.2) is 194 Å². The molecule has 0 saturated carbocycles. The lowest BCUT2D eigenvalue weighted by molar-refractivity contribution is 0.893. The van der Waals surface area contributed by atoms with Gasteiger partial charge in [0.25, 0.3) is 0 Å². The van der Waals surface area contributed by atoms with Crippen molar-refractivity contribution in [3.8, 4) is 40.1 Å². The van der Waals surface area contributed by atoms with Gasteiger partial charge in [-0.2, -0.15) is 15.0 Å². The molecule has 8 aromatic carbocycles. The average molecular weight is 729 g/mol. The summed E-state index contributed by atoms with van der Waals surface area (Å²) in [7, 11) is 0. The third kappa shape index (κ3) is 4.74. The van der Waals surface area contributed by atoms with E-state index in [1.807, 2.05) is 0 Å². The maximum Gasteiger partial charge on any atom is 0.240 e. The van der Waals surface area contributed by atoms with Gasteiger partial charge < -0.3 is 4.57 Å². The first-order valence-corrected chi connectivity index (χ1v) is 19.2. The van der Waals surface area contributed by atoms with Gasteiger partial charge in [0.1, 0.15) is 0 Å². The molecule has 0 aliphatic heterocycles. The fourth-order valence-electron chi connectivity index (χ4n) is 8.88. The third-order valence-corrected chi connectivity index (χ3v) is 11.3. The van der Waals surface area contributed by atoms with Gasteiger partial charge in [0.15, 0.2) is 5.82 Å². The van der Waals surface area contributed by atoms with Crippen LogP contribution < -0.4 is 0 Å². The summed E-state index contributed by atoms with van der Waals surface area (Å²) >= 11 is 0. The molecule has 0 spiro atoms. The zero-order valence-corrected chi connectivity index (χ0v) is 30.7. The van der Waals surface area contributed by atoms with Crippen molar-refractivity contribution in [2.24, 2.45) is 0 Å². The SMILES string of the molecule is c1cc(-c2nc(-n3c4ccccc4c4ccccc43)nc(-n3c4ccccc4c4ccccc43)n2)cc(-c2ccccc2-n2c3ccccc3c3ccccc32)c1. The van der Waals surface area contributed by atoms with Crippen LogP contribution in [0.5, 0.6) is 0 Å². The minimum atomic E-state index is 0.561. The van der Waals surface area contributed by atoms with Gasteiger partial charge in [-0.05, 0) is 54.1 Å². The normalized spacial score (nSPS) is 11.9. The van der Waals surface area contributed by atoms with Gasteiger partial charge in [0, 0.05) is 43.4 Å². The van der Waals surface area contributed by atoms with E-state index in [-0.39, 0.29) is 0 Å². The Labute approximate surface area is 327 Å². The van der Waals surface area contributed by atoms with Crippen LogP contribution in [0.4, 0.5) is 0 Å². The lowest BCUT2D eigenvalue weighted by Crippen LogP contribution is -2.10. The Morgan fingerprint density at radius 1 is 0.281 bits per heavy atom. The second kappa shape index (κ2) is 12.3. The summed E-state index contributed by atoms with van der Waals surface area (Å²) in [4.78, 5) is 16.0. The van der Waals surface area contributed by atoms with E-state index >= 15 is 0 Å². The molecule has 57 heavy (non-hydrogen) atoms. The van der Waals surface area contributed by atoms with Gasteiger partial charge in [0.2, 0.25) is 11.9 Å². The van der Waals surface area contributed by atoms with Crippen LogP contribution in [0.25, 0.3) is 106 Å².